The second-order valence-corrected chi connectivity index (χ2v) is 8.48. The number of nitrogens with zero attached hydrogens (tertiary/aromatic N) is 1. The summed E-state index contributed by atoms with van der Waals surface area (Å²) >= 11 is 0. The van der Waals surface area contributed by atoms with Crippen molar-refractivity contribution in [3.05, 3.63) is 89.0 Å². The Kier molecular flexibility index (Phi) is 7.67. The van der Waals surface area contributed by atoms with Crippen LogP contribution in [0.4, 0.5) is 0 Å². The fourth-order valence-electron chi connectivity index (χ4n) is 4.45. The summed E-state index contributed by atoms with van der Waals surface area (Å²) in [4.78, 5) is 27.9. The van der Waals surface area contributed by atoms with E-state index in [-0.39, 0.29) is 23.6 Å². The first-order valence-electron chi connectivity index (χ1n) is 11.9. The maximum absolute atomic E-state index is 13.3. The third kappa shape index (κ3) is 5.23. The number of methoxy groups -OCH3 is 2. The third-order valence-electron chi connectivity index (χ3n) is 6.26. The largest absolute Gasteiger partial charge is 0.508 e. The second kappa shape index (κ2) is 11.1. The molecule has 1 amide bonds. The van der Waals surface area contributed by atoms with Crippen molar-refractivity contribution in [2.75, 3.05) is 27.4 Å². The molecule has 0 bridgehead atoms. The van der Waals surface area contributed by atoms with Gasteiger partial charge in [0, 0.05) is 12.1 Å². The molecule has 2 N–H and O–H groups in total. The number of aliphatic hydroxyl groups excluding tert-OH is 1. The molecule has 8 nitrogen and oxygen atoms in total. The molecule has 0 aromatic heterocycles. The van der Waals surface area contributed by atoms with Crippen LogP contribution in [0.1, 0.15) is 29.7 Å². The van der Waals surface area contributed by atoms with Crippen molar-refractivity contribution >= 4 is 17.4 Å². The molecule has 0 spiro atoms. The predicted octanol–water partition coefficient (Wildman–Crippen LogP) is 4.47. The molecule has 37 heavy (non-hydrogen) atoms. The van der Waals surface area contributed by atoms with Crippen molar-refractivity contribution in [3.8, 4) is 23.0 Å². The summed E-state index contributed by atoms with van der Waals surface area (Å²) in [6.45, 7) is 2.50. The van der Waals surface area contributed by atoms with Crippen molar-refractivity contribution in [1.82, 2.24) is 4.90 Å². The van der Waals surface area contributed by atoms with E-state index in [9.17, 15) is 19.8 Å². The van der Waals surface area contributed by atoms with Gasteiger partial charge in [0.1, 0.15) is 17.3 Å². The van der Waals surface area contributed by atoms with E-state index in [1.54, 1.807) is 56.7 Å². The summed E-state index contributed by atoms with van der Waals surface area (Å²) in [6.07, 6.45) is 0.432. The molecule has 1 fully saturated rings. The molecule has 1 saturated heterocycles. The van der Waals surface area contributed by atoms with E-state index >= 15 is 0 Å². The van der Waals surface area contributed by atoms with Gasteiger partial charge in [-0.2, -0.15) is 0 Å². The highest BCUT2D eigenvalue weighted by Crippen LogP contribution is 2.40. The van der Waals surface area contributed by atoms with E-state index in [2.05, 4.69) is 0 Å². The summed E-state index contributed by atoms with van der Waals surface area (Å²) < 4.78 is 16.2. The van der Waals surface area contributed by atoms with E-state index < -0.39 is 17.7 Å². The van der Waals surface area contributed by atoms with Crippen LogP contribution in [0, 0.1) is 0 Å². The predicted molar refractivity (Wildman–Crippen MR) is 138 cm³/mol. The van der Waals surface area contributed by atoms with Crippen molar-refractivity contribution in [2.24, 2.45) is 0 Å². The number of Topliss-reactive ketones (excluding diaryl/α,β-unsaturated/α-hetero) is 1. The van der Waals surface area contributed by atoms with Crippen LogP contribution < -0.4 is 14.2 Å². The van der Waals surface area contributed by atoms with E-state index in [4.69, 9.17) is 14.2 Å². The lowest BCUT2D eigenvalue weighted by molar-refractivity contribution is -0.139. The Morgan fingerprint density at radius 3 is 2.35 bits per heavy atom. The fourth-order valence-corrected chi connectivity index (χ4v) is 4.45. The lowest BCUT2D eigenvalue weighted by Crippen LogP contribution is -2.31. The summed E-state index contributed by atoms with van der Waals surface area (Å²) in [5.74, 6) is -0.0281. The number of phenols is 1. The molecule has 1 atom stereocenters. The van der Waals surface area contributed by atoms with E-state index in [0.717, 1.165) is 5.56 Å². The van der Waals surface area contributed by atoms with Crippen LogP contribution in [0.3, 0.4) is 0 Å². The van der Waals surface area contributed by atoms with E-state index in [1.807, 2.05) is 19.1 Å². The topological polar surface area (TPSA) is 106 Å². The Labute approximate surface area is 215 Å². The standard InChI is InChI=1S/C29H29NO7/c1-4-37-22-7-5-6-20(17-22)27(32)25-26(19-9-11-21(31)12-10-19)30(29(34)28(25)33)15-14-18-8-13-23(35-2)24(16-18)36-3/h5-13,16-17,26,31-32H,4,14-15H2,1-3H3/b27-25+. The molecule has 1 unspecified atom stereocenters. The molecular weight excluding hydrogens is 474 g/mol. The first kappa shape index (κ1) is 25.6. The van der Waals surface area contributed by atoms with Crippen LogP contribution in [0.5, 0.6) is 23.0 Å². The molecule has 0 aliphatic carbocycles. The number of carbonyl (C=O) groups excluding carboxylic acids is 2. The molecule has 1 aliphatic heterocycles. The van der Waals surface area contributed by atoms with Gasteiger partial charge in [0.25, 0.3) is 11.7 Å². The number of aromatic hydroxyl groups is 1. The molecule has 1 aliphatic rings. The fraction of sp³-hybridized carbons (Fsp3) is 0.241. The van der Waals surface area contributed by atoms with Gasteiger partial charge < -0.3 is 29.3 Å². The normalized spacial score (nSPS) is 16.6. The van der Waals surface area contributed by atoms with Gasteiger partial charge in [0.2, 0.25) is 0 Å². The van der Waals surface area contributed by atoms with Crippen LogP contribution in [0.15, 0.2) is 72.3 Å². The third-order valence-corrected chi connectivity index (χ3v) is 6.26. The van der Waals surface area contributed by atoms with E-state index in [0.29, 0.717) is 41.4 Å². The average molecular weight is 504 g/mol. The first-order valence-corrected chi connectivity index (χ1v) is 11.9. The van der Waals surface area contributed by atoms with Crippen molar-refractivity contribution in [2.45, 2.75) is 19.4 Å². The van der Waals surface area contributed by atoms with Crippen LogP contribution in [0.2, 0.25) is 0 Å². The number of rotatable bonds is 9. The maximum atomic E-state index is 13.3. The quantitative estimate of drug-likeness (QED) is 0.252. The highest BCUT2D eigenvalue weighted by atomic mass is 16.5. The number of benzene rings is 3. The summed E-state index contributed by atoms with van der Waals surface area (Å²) in [7, 11) is 3.10. The number of aliphatic hydroxyl groups is 1. The molecule has 192 valence electrons. The van der Waals surface area contributed by atoms with Gasteiger partial charge in [-0.25, -0.2) is 0 Å². The zero-order valence-corrected chi connectivity index (χ0v) is 20.9. The molecule has 0 saturated carbocycles. The summed E-state index contributed by atoms with van der Waals surface area (Å²) in [5, 5.41) is 21.1. The van der Waals surface area contributed by atoms with Crippen molar-refractivity contribution < 1.29 is 34.0 Å². The Hall–Kier alpha value is -4.46. The number of ether oxygens (including phenoxy) is 3. The number of carbonyl (C=O) groups is 2. The monoisotopic (exact) mass is 503 g/mol. The van der Waals surface area contributed by atoms with Gasteiger partial charge in [-0.15, -0.1) is 0 Å². The molecule has 0 radical (unpaired) electrons. The summed E-state index contributed by atoms with van der Waals surface area (Å²) in [5.41, 5.74) is 1.82. The summed E-state index contributed by atoms with van der Waals surface area (Å²) in [6, 6.07) is 17.6. The number of hydrogen-bond acceptors (Lipinski definition) is 7. The van der Waals surface area contributed by atoms with Gasteiger partial charge in [0.15, 0.2) is 11.5 Å². The average Bonchev–Trinajstić information content (AvgIpc) is 3.17. The molecule has 8 heteroatoms. The Balaban J connectivity index is 1.74. The molecule has 1 heterocycles. The Bertz CT molecular complexity index is 1330. The minimum absolute atomic E-state index is 0.0170. The number of hydrogen-bond donors (Lipinski definition) is 2. The van der Waals surface area contributed by atoms with Crippen LogP contribution >= 0.6 is 0 Å². The smallest absolute Gasteiger partial charge is 0.295 e. The van der Waals surface area contributed by atoms with Gasteiger partial charge >= 0.3 is 0 Å². The molecule has 3 aromatic carbocycles. The number of ketones is 1. The second-order valence-electron chi connectivity index (χ2n) is 8.48. The van der Waals surface area contributed by atoms with E-state index in [1.165, 1.54) is 17.0 Å². The zero-order valence-electron chi connectivity index (χ0n) is 20.9. The number of likely N-dealkylation sites (tertiary alicyclic amines) is 1. The number of phenolic OH excluding ortho intramolecular Hbond substituents is 1. The van der Waals surface area contributed by atoms with Crippen LogP contribution in [0.25, 0.3) is 5.76 Å². The highest BCUT2D eigenvalue weighted by molar-refractivity contribution is 6.46. The van der Waals surface area contributed by atoms with Crippen LogP contribution in [-0.4, -0.2) is 54.2 Å². The minimum Gasteiger partial charge on any atom is -0.508 e. The minimum atomic E-state index is -0.837. The SMILES string of the molecule is CCOc1cccc(/C(O)=C2\C(=O)C(=O)N(CCc3ccc(OC)c(OC)c3)C2c2ccc(O)cc2)c1. The van der Waals surface area contributed by atoms with Crippen molar-refractivity contribution in [3.63, 3.8) is 0 Å². The number of amides is 1. The Morgan fingerprint density at radius 1 is 0.946 bits per heavy atom. The van der Waals surface area contributed by atoms with Gasteiger partial charge in [-0.3, -0.25) is 9.59 Å². The molecule has 4 rings (SSSR count). The first-order chi connectivity index (χ1) is 17.9. The maximum Gasteiger partial charge on any atom is 0.295 e. The van der Waals surface area contributed by atoms with Gasteiger partial charge in [-0.05, 0) is 60.9 Å². The van der Waals surface area contributed by atoms with Crippen molar-refractivity contribution in [1.29, 1.82) is 0 Å². The van der Waals surface area contributed by atoms with Gasteiger partial charge in [0.05, 0.1) is 32.4 Å². The highest BCUT2D eigenvalue weighted by Gasteiger charge is 2.45. The lowest BCUT2D eigenvalue weighted by atomic mass is 9.95. The zero-order chi connectivity index (χ0) is 26.5. The lowest BCUT2D eigenvalue weighted by Gasteiger charge is -2.25. The van der Waals surface area contributed by atoms with Gasteiger partial charge in [-0.1, -0.05) is 30.3 Å². The van der Waals surface area contributed by atoms with Crippen LogP contribution in [-0.2, 0) is 16.0 Å². The Morgan fingerprint density at radius 2 is 1.68 bits per heavy atom. The molecule has 3 aromatic rings. The molecular formula is C29H29NO7.